The zero-order chi connectivity index (χ0) is 13.1. The Bertz CT molecular complexity index is 471. The summed E-state index contributed by atoms with van der Waals surface area (Å²) >= 11 is 0. The molecule has 1 saturated carbocycles. The summed E-state index contributed by atoms with van der Waals surface area (Å²) in [6, 6.07) is 6.89. The maximum atomic E-state index is 8.92. The van der Waals surface area contributed by atoms with Crippen LogP contribution in [0.1, 0.15) is 49.8 Å². The second-order valence-corrected chi connectivity index (χ2v) is 5.89. The zero-order valence-corrected chi connectivity index (χ0v) is 11.4. The van der Waals surface area contributed by atoms with Crippen molar-refractivity contribution in [2.24, 2.45) is 5.92 Å². The summed E-state index contributed by atoms with van der Waals surface area (Å²) in [6.45, 7) is 2.20. The summed E-state index contributed by atoms with van der Waals surface area (Å²) in [5, 5.41) is 8.92. The van der Waals surface area contributed by atoms with E-state index >= 15 is 0 Å². The molecule has 3 nitrogen and oxygen atoms in total. The van der Waals surface area contributed by atoms with Crippen molar-refractivity contribution in [3.05, 3.63) is 29.6 Å². The first-order valence-electron chi connectivity index (χ1n) is 7.46. The summed E-state index contributed by atoms with van der Waals surface area (Å²) in [5.74, 6) is 0.916. The lowest BCUT2D eigenvalue weighted by Crippen LogP contribution is -2.34. The van der Waals surface area contributed by atoms with Gasteiger partial charge in [-0.15, -0.1) is 0 Å². The molecule has 1 atom stereocenters. The highest BCUT2D eigenvalue weighted by Gasteiger charge is 2.32. The van der Waals surface area contributed by atoms with Crippen molar-refractivity contribution < 1.29 is 0 Å². The van der Waals surface area contributed by atoms with Crippen LogP contribution in [-0.4, -0.2) is 22.5 Å². The topological polar surface area (TPSA) is 39.9 Å². The van der Waals surface area contributed by atoms with Gasteiger partial charge in [-0.25, -0.2) is 4.98 Å². The number of aromatic nitrogens is 1. The average molecular weight is 255 g/mol. The maximum Gasteiger partial charge on any atom is 0.140 e. The van der Waals surface area contributed by atoms with E-state index in [0.717, 1.165) is 18.5 Å². The molecule has 1 aliphatic carbocycles. The molecule has 1 aromatic heterocycles. The van der Waals surface area contributed by atoms with Gasteiger partial charge in [-0.05, 0) is 55.8 Å². The Balaban J connectivity index is 1.69. The highest BCUT2D eigenvalue weighted by Crippen LogP contribution is 2.35. The van der Waals surface area contributed by atoms with E-state index in [-0.39, 0.29) is 0 Å². The Labute approximate surface area is 115 Å². The molecule has 2 aliphatic rings. The summed E-state index contributed by atoms with van der Waals surface area (Å²) in [4.78, 5) is 6.68. The first-order valence-corrected chi connectivity index (χ1v) is 7.46. The third-order valence-electron chi connectivity index (χ3n) is 4.68. The summed E-state index contributed by atoms with van der Waals surface area (Å²) in [7, 11) is 0. The Morgan fingerprint density at radius 3 is 2.89 bits per heavy atom. The molecule has 0 N–H and O–H groups in total. The summed E-state index contributed by atoms with van der Waals surface area (Å²) < 4.78 is 0. The van der Waals surface area contributed by atoms with E-state index in [2.05, 4.69) is 16.0 Å². The number of rotatable bonds is 3. The van der Waals surface area contributed by atoms with Gasteiger partial charge in [0.05, 0.1) is 0 Å². The molecule has 0 bridgehead atoms. The highest BCUT2D eigenvalue weighted by atomic mass is 15.2. The molecule has 0 amide bonds. The van der Waals surface area contributed by atoms with Crippen LogP contribution < -0.4 is 0 Å². The molecule has 3 rings (SSSR count). The Hall–Kier alpha value is -1.40. The summed E-state index contributed by atoms with van der Waals surface area (Å²) in [5.41, 5.74) is 1.77. The Morgan fingerprint density at radius 2 is 2.11 bits per heavy atom. The van der Waals surface area contributed by atoms with Crippen LogP contribution >= 0.6 is 0 Å². The van der Waals surface area contributed by atoms with Crippen molar-refractivity contribution in [1.82, 2.24) is 9.88 Å². The van der Waals surface area contributed by atoms with Gasteiger partial charge in [0, 0.05) is 18.8 Å². The van der Waals surface area contributed by atoms with Crippen LogP contribution in [0.25, 0.3) is 0 Å². The molecular formula is C16H21N3. The van der Waals surface area contributed by atoms with E-state index in [9.17, 15) is 0 Å². The van der Waals surface area contributed by atoms with Gasteiger partial charge in [-0.2, -0.15) is 5.26 Å². The lowest BCUT2D eigenvalue weighted by atomic mass is 9.96. The fraction of sp³-hybridized carbons (Fsp3) is 0.625. The minimum atomic E-state index is 0.536. The highest BCUT2D eigenvalue weighted by molar-refractivity contribution is 5.25. The third-order valence-corrected chi connectivity index (χ3v) is 4.68. The van der Waals surface area contributed by atoms with Gasteiger partial charge in [0.2, 0.25) is 0 Å². The van der Waals surface area contributed by atoms with Crippen LogP contribution in [0.15, 0.2) is 18.3 Å². The molecule has 0 radical (unpaired) electrons. The van der Waals surface area contributed by atoms with Gasteiger partial charge in [0.15, 0.2) is 0 Å². The number of likely N-dealkylation sites (tertiary alicyclic amines) is 1. The van der Waals surface area contributed by atoms with Crippen LogP contribution in [0, 0.1) is 17.2 Å². The van der Waals surface area contributed by atoms with E-state index in [4.69, 9.17) is 5.26 Å². The number of hydrogen-bond donors (Lipinski definition) is 0. The molecule has 0 spiro atoms. The molecule has 1 aliphatic heterocycles. The second-order valence-electron chi connectivity index (χ2n) is 5.89. The smallest absolute Gasteiger partial charge is 0.140 e. The van der Waals surface area contributed by atoms with E-state index in [1.807, 2.05) is 12.1 Å². The maximum absolute atomic E-state index is 8.92. The molecule has 2 fully saturated rings. The van der Waals surface area contributed by atoms with Crippen LogP contribution in [0.2, 0.25) is 0 Å². The first-order chi connectivity index (χ1) is 9.36. The molecule has 2 heterocycles. The number of nitriles is 1. The van der Waals surface area contributed by atoms with Gasteiger partial charge >= 0.3 is 0 Å². The van der Waals surface area contributed by atoms with Crippen molar-refractivity contribution in [3.63, 3.8) is 0 Å². The van der Waals surface area contributed by atoms with Crippen LogP contribution in [0.4, 0.5) is 0 Å². The van der Waals surface area contributed by atoms with Gasteiger partial charge in [0.25, 0.3) is 0 Å². The van der Waals surface area contributed by atoms with Crippen molar-refractivity contribution in [1.29, 1.82) is 5.26 Å². The predicted molar refractivity (Wildman–Crippen MR) is 74.3 cm³/mol. The third kappa shape index (κ3) is 2.79. The molecule has 1 aromatic rings. The van der Waals surface area contributed by atoms with Crippen molar-refractivity contribution in [2.75, 3.05) is 6.54 Å². The minimum Gasteiger partial charge on any atom is -0.296 e. The van der Waals surface area contributed by atoms with Gasteiger partial charge in [0.1, 0.15) is 11.8 Å². The van der Waals surface area contributed by atoms with Crippen LogP contribution in [0.3, 0.4) is 0 Å². The number of pyridine rings is 1. The van der Waals surface area contributed by atoms with Crippen molar-refractivity contribution in [2.45, 2.75) is 51.1 Å². The van der Waals surface area contributed by atoms with E-state index < -0.39 is 0 Å². The van der Waals surface area contributed by atoms with E-state index in [1.54, 1.807) is 6.20 Å². The standard InChI is InChI=1S/C16H21N3/c17-11-15-10-13(7-8-18-15)12-19-9-3-6-16(19)14-4-1-2-5-14/h7-8,10,14,16H,1-6,9,12H2. The molecule has 100 valence electrons. The Morgan fingerprint density at radius 1 is 1.26 bits per heavy atom. The lowest BCUT2D eigenvalue weighted by molar-refractivity contribution is 0.183. The van der Waals surface area contributed by atoms with E-state index in [0.29, 0.717) is 5.69 Å². The molecular weight excluding hydrogens is 234 g/mol. The van der Waals surface area contributed by atoms with Gasteiger partial charge in [-0.1, -0.05) is 12.8 Å². The number of nitrogens with zero attached hydrogens (tertiary/aromatic N) is 3. The Kier molecular flexibility index (Phi) is 3.79. The average Bonchev–Trinajstić information content (AvgIpc) is 3.09. The quantitative estimate of drug-likeness (QED) is 0.833. The van der Waals surface area contributed by atoms with E-state index in [1.165, 1.54) is 50.6 Å². The second kappa shape index (κ2) is 5.71. The van der Waals surface area contributed by atoms with Crippen molar-refractivity contribution >= 4 is 0 Å². The van der Waals surface area contributed by atoms with Gasteiger partial charge < -0.3 is 0 Å². The number of hydrogen-bond acceptors (Lipinski definition) is 3. The normalized spacial score (nSPS) is 24.7. The lowest BCUT2D eigenvalue weighted by Gasteiger charge is -2.29. The van der Waals surface area contributed by atoms with Crippen LogP contribution in [0.5, 0.6) is 0 Å². The molecule has 1 unspecified atom stereocenters. The largest absolute Gasteiger partial charge is 0.296 e. The molecule has 1 saturated heterocycles. The fourth-order valence-corrected chi connectivity index (χ4v) is 3.79. The summed E-state index contributed by atoms with van der Waals surface area (Å²) in [6.07, 6.45) is 10.1. The monoisotopic (exact) mass is 255 g/mol. The SMILES string of the molecule is N#Cc1cc(CN2CCCC2C2CCCC2)ccn1. The van der Waals surface area contributed by atoms with Gasteiger partial charge in [-0.3, -0.25) is 4.90 Å². The van der Waals surface area contributed by atoms with Crippen LogP contribution in [-0.2, 0) is 6.54 Å². The predicted octanol–water partition coefficient (Wildman–Crippen LogP) is 3.11. The fourth-order valence-electron chi connectivity index (χ4n) is 3.79. The molecule has 19 heavy (non-hydrogen) atoms. The zero-order valence-electron chi connectivity index (χ0n) is 11.4. The van der Waals surface area contributed by atoms with Crippen molar-refractivity contribution in [3.8, 4) is 6.07 Å². The first kappa shape index (κ1) is 12.6. The molecule has 3 heteroatoms. The molecule has 0 aromatic carbocycles. The minimum absolute atomic E-state index is 0.536.